The lowest BCUT2D eigenvalue weighted by atomic mass is 9.89. The van der Waals surface area contributed by atoms with Crippen LogP contribution in [0.25, 0.3) is 0 Å². The molecule has 2 rings (SSSR count). The van der Waals surface area contributed by atoms with Crippen molar-refractivity contribution in [3.63, 3.8) is 0 Å². The third kappa shape index (κ3) is 2.20. The Morgan fingerprint density at radius 2 is 2.18 bits per heavy atom. The first kappa shape index (κ1) is 11.4. The van der Waals surface area contributed by atoms with E-state index >= 15 is 0 Å². The van der Waals surface area contributed by atoms with E-state index in [0.29, 0.717) is 5.56 Å². The van der Waals surface area contributed by atoms with E-state index in [1.54, 1.807) is 12.1 Å². The van der Waals surface area contributed by atoms with Crippen molar-refractivity contribution in [2.24, 2.45) is 11.2 Å². The van der Waals surface area contributed by atoms with Gasteiger partial charge in [0.25, 0.3) is 0 Å². The van der Waals surface area contributed by atoms with E-state index in [2.05, 4.69) is 5.29 Å². The zero-order valence-corrected chi connectivity index (χ0v) is 8.98. The van der Waals surface area contributed by atoms with Crippen molar-refractivity contribution < 1.29 is 15.0 Å². The average Bonchev–Trinajstić information content (AvgIpc) is 2.73. The van der Waals surface area contributed by atoms with Crippen molar-refractivity contribution in [2.45, 2.75) is 5.92 Å². The van der Waals surface area contributed by atoms with Crippen LogP contribution in [0.5, 0.6) is 5.75 Å². The number of carbonyl (C=O) groups is 1. The van der Waals surface area contributed by atoms with E-state index in [4.69, 9.17) is 5.11 Å². The maximum absolute atomic E-state index is 11.1. The molecule has 0 radical (unpaired) electrons. The van der Waals surface area contributed by atoms with Gasteiger partial charge in [0.15, 0.2) is 0 Å². The highest BCUT2D eigenvalue weighted by atomic mass is 16.4. The third-order valence-electron chi connectivity index (χ3n) is 3.03. The zero-order valence-electron chi connectivity index (χ0n) is 8.98. The molecule has 0 amide bonds. The van der Waals surface area contributed by atoms with Gasteiger partial charge >= 0.3 is 5.97 Å². The van der Waals surface area contributed by atoms with E-state index < -0.39 is 11.9 Å². The first-order chi connectivity index (χ1) is 8.11. The molecule has 1 aliphatic rings. The van der Waals surface area contributed by atoms with E-state index in [1.807, 2.05) is 0 Å². The minimum absolute atomic E-state index is 0.0872. The summed E-state index contributed by atoms with van der Waals surface area (Å²) in [7, 11) is 0. The second-order valence-electron chi connectivity index (χ2n) is 4.10. The maximum Gasteiger partial charge on any atom is 0.309 e. The highest BCUT2D eigenvalue weighted by Crippen LogP contribution is 2.34. The molecule has 6 heteroatoms. The number of nitrogens with zero attached hydrogens (tertiary/aromatic N) is 2. The molecular weight excluding hydrogens is 224 g/mol. The minimum atomic E-state index is -0.954. The van der Waals surface area contributed by atoms with Gasteiger partial charge in [-0.3, -0.25) is 9.80 Å². The number of aromatic hydroxyl groups is 1. The van der Waals surface area contributed by atoms with Gasteiger partial charge in [-0.05, 0) is 17.7 Å². The Morgan fingerprint density at radius 3 is 2.76 bits per heavy atom. The molecule has 90 valence electrons. The standard InChI is InChI=1S/C11H12N2O4/c14-8-3-1-2-7(4-8)9-5-13(12-17)6-10(9)11(15)16/h1-4,9-10,14H,5-6H2,(H,15,16). The van der Waals surface area contributed by atoms with Crippen LogP contribution in [0.15, 0.2) is 29.6 Å². The molecule has 0 spiro atoms. The number of hydrogen-bond acceptors (Lipinski definition) is 4. The SMILES string of the molecule is O=NN1CC(C(=O)O)C(c2cccc(O)c2)C1. The summed E-state index contributed by atoms with van der Waals surface area (Å²) < 4.78 is 0. The third-order valence-corrected chi connectivity index (χ3v) is 3.03. The largest absolute Gasteiger partial charge is 0.508 e. The zero-order chi connectivity index (χ0) is 12.4. The quantitative estimate of drug-likeness (QED) is 0.769. The van der Waals surface area contributed by atoms with Crippen molar-refractivity contribution in [3.8, 4) is 5.75 Å². The smallest absolute Gasteiger partial charge is 0.309 e. The highest BCUT2D eigenvalue weighted by molar-refractivity contribution is 5.72. The van der Waals surface area contributed by atoms with E-state index in [9.17, 15) is 14.8 Å². The molecule has 1 fully saturated rings. The fourth-order valence-corrected chi connectivity index (χ4v) is 2.19. The summed E-state index contributed by atoms with van der Waals surface area (Å²) in [5, 5.41) is 22.4. The molecule has 1 aromatic rings. The van der Waals surface area contributed by atoms with Crippen LogP contribution in [-0.2, 0) is 4.79 Å². The number of phenolic OH excluding ortho intramolecular Hbond substituents is 1. The molecule has 0 bridgehead atoms. The van der Waals surface area contributed by atoms with Crippen LogP contribution in [0.4, 0.5) is 0 Å². The van der Waals surface area contributed by atoms with Crippen LogP contribution >= 0.6 is 0 Å². The number of benzene rings is 1. The molecule has 17 heavy (non-hydrogen) atoms. The van der Waals surface area contributed by atoms with Crippen LogP contribution in [0.3, 0.4) is 0 Å². The van der Waals surface area contributed by atoms with Crippen LogP contribution in [0.1, 0.15) is 11.5 Å². The molecule has 0 saturated carbocycles. The van der Waals surface area contributed by atoms with Gasteiger partial charge in [-0.25, -0.2) is 0 Å². The lowest BCUT2D eigenvalue weighted by Gasteiger charge is -2.14. The van der Waals surface area contributed by atoms with Crippen LogP contribution in [0, 0.1) is 10.8 Å². The number of phenols is 1. The van der Waals surface area contributed by atoms with Gasteiger partial charge < -0.3 is 10.2 Å². The van der Waals surface area contributed by atoms with Crippen LogP contribution < -0.4 is 0 Å². The number of aliphatic carboxylic acids is 1. The minimum Gasteiger partial charge on any atom is -0.508 e. The molecular formula is C11H12N2O4. The summed E-state index contributed by atoms with van der Waals surface area (Å²) in [6.07, 6.45) is 0. The Hall–Kier alpha value is -2.11. The number of rotatable bonds is 3. The van der Waals surface area contributed by atoms with Crippen molar-refractivity contribution >= 4 is 5.97 Å². The summed E-state index contributed by atoms with van der Waals surface area (Å²) in [4.78, 5) is 21.6. The van der Waals surface area contributed by atoms with Gasteiger partial charge in [-0.15, -0.1) is 4.91 Å². The predicted molar refractivity (Wildman–Crippen MR) is 59.3 cm³/mol. The molecule has 1 aromatic carbocycles. The first-order valence-electron chi connectivity index (χ1n) is 5.21. The summed E-state index contributed by atoms with van der Waals surface area (Å²) >= 11 is 0. The van der Waals surface area contributed by atoms with E-state index in [-0.39, 0.29) is 24.8 Å². The van der Waals surface area contributed by atoms with Gasteiger partial charge in [0.05, 0.1) is 17.7 Å². The van der Waals surface area contributed by atoms with Gasteiger partial charge in [-0.1, -0.05) is 12.1 Å². The fraction of sp³-hybridized carbons (Fsp3) is 0.364. The van der Waals surface area contributed by atoms with Gasteiger partial charge in [-0.2, -0.15) is 0 Å². The van der Waals surface area contributed by atoms with E-state index in [1.165, 1.54) is 17.1 Å². The first-order valence-corrected chi connectivity index (χ1v) is 5.21. The Labute approximate surface area is 97.4 Å². The second kappa shape index (κ2) is 4.40. The van der Waals surface area contributed by atoms with Crippen molar-refractivity contribution in [1.82, 2.24) is 5.01 Å². The van der Waals surface area contributed by atoms with E-state index in [0.717, 1.165) is 0 Å². The van der Waals surface area contributed by atoms with Gasteiger partial charge in [0, 0.05) is 12.5 Å². The van der Waals surface area contributed by atoms with Gasteiger partial charge in [0.2, 0.25) is 0 Å². The molecule has 6 nitrogen and oxygen atoms in total. The molecule has 1 aliphatic heterocycles. The maximum atomic E-state index is 11.1. The average molecular weight is 236 g/mol. The summed E-state index contributed by atoms with van der Waals surface area (Å²) in [5.74, 6) is -1.86. The molecule has 1 saturated heterocycles. The molecule has 2 N–H and O–H groups in total. The van der Waals surface area contributed by atoms with Crippen molar-refractivity contribution in [1.29, 1.82) is 0 Å². The van der Waals surface area contributed by atoms with Crippen molar-refractivity contribution in [3.05, 3.63) is 34.7 Å². The summed E-state index contributed by atoms with van der Waals surface area (Å²) in [6.45, 7) is 0.378. The Morgan fingerprint density at radius 1 is 1.41 bits per heavy atom. The molecule has 0 aromatic heterocycles. The number of carboxylic acids is 1. The molecule has 1 heterocycles. The molecule has 0 aliphatic carbocycles. The molecule has 2 unspecified atom stereocenters. The Kier molecular flexibility index (Phi) is 2.95. The summed E-state index contributed by atoms with van der Waals surface area (Å²) in [6, 6.07) is 6.44. The highest BCUT2D eigenvalue weighted by Gasteiger charge is 2.39. The Bertz CT molecular complexity index is 449. The molecule has 2 atom stereocenters. The van der Waals surface area contributed by atoms with Crippen LogP contribution in [-0.4, -0.2) is 34.3 Å². The van der Waals surface area contributed by atoms with Crippen molar-refractivity contribution in [2.75, 3.05) is 13.1 Å². The van der Waals surface area contributed by atoms with Crippen LogP contribution in [0.2, 0.25) is 0 Å². The topological polar surface area (TPSA) is 90.2 Å². The lowest BCUT2D eigenvalue weighted by molar-refractivity contribution is -0.141. The number of hydrogen-bond donors (Lipinski definition) is 2. The lowest BCUT2D eigenvalue weighted by Crippen LogP contribution is -2.21. The number of nitroso groups, excluding NO2 is 1. The second-order valence-corrected chi connectivity index (χ2v) is 4.10. The van der Waals surface area contributed by atoms with Gasteiger partial charge in [0.1, 0.15) is 5.75 Å². The number of carboxylic acid groups (broad SMARTS) is 1. The predicted octanol–water partition coefficient (Wildman–Crippen LogP) is 1.17. The Balaban J connectivity index is 2.29. The fourth-order valence-electron chi connectivity index (χ4n) is 2.19. The monoisotopic (exact) mass is 236 g/mol. The summed E-state index contributed by atoms with van der Waals surface area (Å²) in [5.41, 5.74) is 0.712. The normalized spacial score (nSPS) is 23.6.